The zero-order chi connectivity index (χ0) is 11.5. The van der Waals surface area contributed by atoms with Crippen LogP contribution >= 0.6 is 0 Å². The molecule has 1 aromatic carbocycles. The van der Waals surface area contributed by atoms with Crippen molar-refractivity contribution in [2.24, 2.45) is 0 Å². The number of hydrogen-bond donors (Lipinski definition) is 1. The summed E-state index contributed by atoms with van der Waals surface area (Å²) < 4.78 is 5.76. The number of fused-ring (bicyclic) bond motifs is 1. The minimum absolute atomic E-state index is 0.537. The predicted molar refractivity (Wildman–Crippen MR) is 67.5 cm³/mol. The minimum Gasteiger partial charge on any atom is -0.460 e. The summed E-state index contributed by atoms with van der Waals surface area (Å²) in [6.07, 6.45) is 1.14. The summed E-state index contributed by atoms with van der Waals surface area (Å²) in [6.45, 7) is 7.28. The second-order valence-corrected chi connectivity index (χ2v) is 4.44. The lowest BCUT2D eigenvalue weighted by atomic mass is 10.2. The molecule has 2 rings (SSSR count). The molecule has 0 bridgehead atoms. The molecule has 0 radical (unpaired) electrons. The smallest absolute Gasteiger partial charge is 0.134 e. The van der Waals surface area contributed by atoms with Crippen molar-refractivity contribution >= 4 is 11.0 Å². The lowest BCUT2D eigenvalue weighted by Gasteiger charge is -2.08. The lowest BCUT2D eigenvalue weighted by molar-refractivity contribution is 0.468. The molecule has 0 saturated carbocycles. The van der Waals surface area contributed by atoms with E-state index in [0.717, 1.165) is 24.3 Å². The van der Waals surface area contributed by atoms with Crippen LogP contribution in [0.2, 0.25) is 0 Å². The monoisotopic (exact) mass is 217 g/mol. The quantitative estimate of drug-likeness (QED) is 0.846. The normalized spacial score (nSPS) is 13.2. The summed E-state index contributed by atoms with van der Waals surface area (Å²) in [4.78, 5) is 0. The van der Waals surface area contributed by atoms with Gasteiger partial charge >= 0.3 is 0 Å². The Balaban J connectivity index is 2.13. The highest BCUT2D eigenvalue weighted by molar-refractivity contribution is 5.78. The van der Waals surface area contributed by atoms with Crippen molar-refractivity contribution < 1.29 is 4.42 Å². The molecule has 0 aliphatic rings. The van der Waals surface area contributed by atoms with Gasteiger partial charge in [-0.2, -0.15) is 0 Å². The maximum atomic E-state index is 5.76. The molecule has 1 unspecified atom stereocenters. The fourth-order valence-corrected chi connectivity index (χ4v) is 1.72. The van der Waals surface area contributed by atoms with Gasteiger partial charge in [-0.05, 0) is 38.5 Å². The predicted octanol–water partition coefficient (Wildman–Crippen LogP) is 3.63. The van der Waals surface area contributed by atoms with Crippen molar-refractivity contribution in [2.45, 2.75) is 39.8 Å². The van der Waals surface area contributed by atoms with E-state index >= 15 is 0 Å². The van der Waals surface area contributed by atoms with E-state index in [-0.39, 0.29) is 0 Å². The van der Waals surface area contributed by atoms with Gasteiger partial charge < -0.3 is 9.73 Å². The average molecular weight is 217 g/mol. The van der Waals surface area contributed by atoms with Crippen LogP contribution in [0.25, 0.3) is 11.0 Å². The molecule has 1 N–H and O–H groups in total. The molecule has 2 heteroatoms. The Kier molecular flexibility index (Phi) is 3.30. The fraction of sp³-hybridized carbons (Fsp3) is 0.429. The Morgan fingerprint density at radius 3 is 2.88 bits per heavy atom. The Morgan fingerprint density at radius 2 is 2.12 bits per heavy atom. The number of aryl methyl sites for hydroxylation is 1. The molecule has 0 saturated heterocycles. The maximum Gasteiger partial charge on any atom is 0.134 e. The number of nitrogens with one attached hydrogen (secondary N) is 1. The summed E-state index contributed by atoms with van der Waals surface area (Å²) in [5.41, 5.74) is 2.25. The van der Waals surface area contributed by atoms with Crippen molar-refractivity contribution in [1.82, 2.24) is 5.32 Å². The fourth-order valence-electron chi connectivity index (χ4n) is 1.72. The highest BCUT2D eigenvalue weighted by Gasteiger charge is 2.04. The molecule has 0 amide bonds. The zero-order valence-corrected chi connectivity index (χ0v) is 10.2. The van der Waals surface area contributed by atoms with Gasteiger partial charge in [0.05, 0.1) is 6.54 Å². The summed E-state index contributed by atoms with van der Waals surface area (Å²) in [5.74, 6) is 1.01. The summed E-state index contributed by atoms with van der Waals surface area (Å²) >= 11 is 0. The van der Waals surface area contributed by atoms with E-state index in [0.29, 0.717) is 6.04 Å². The van der Waals surface area contributed by atoms with Gasteiger partial charge in [-0.25, -0.2) is 0 Å². The molecule has 2 aromatic rings. The van der Waals surface area contributed by atoms with E-state index in [1.807, 2.05) is 6.07 Å². The second kappa shape index (κ2) is 4.71. The van der Waals surface area contributed by atoms with Crippen molar-refractivity contribution in [3.8, 4) is 0 Å². The molecule has 0 fully saturated rings. The molecule has 2 nitrogen and oxygen atoms in total. The highest BCUT2D eigenvalue weighted by Crippen LogP contribution is 2.20. The molecule has 1 atom stereocenters. The van der Waals surface area contributed by atoms with E-state index in [1.165, 1.54) is 10.9 Å². The third kappa shape index (κ3) is 2.45. The number of rotatable bonds is 4. The van der Waals surface area contributed by atoms with Gasteiger partial charge in [-0.15, -0.1) is 0 Å². The zero-order valence-electron chi connectivity index (χ0n) is 10.2. The first-order chi connectivity index (χ1) is 7.69. The molecule has 0 aliphatic heterocycles. The first kappa shape index (κ1) is 11.2. The summed E-state index contributed by atoms with van der Waals surface area (Å²) in [5, 5.41) is 4.63. The lowest BCUT2D eigenvalue weighted by Crippen LogP contribution is -2.24. The van der Waals surface area contributed by atoms with Gasteiger partial charge in [0.2, 0.25) is 0 Å². The maximum absolute atomic E-state index is 5.76. The van der Waals surface area contributed by atoms with E-state index in [1.54, 1.807) is 0 Å². The number of furan rings is 1. The SMILES string of the molecule is CCC(C)NCc1cc2cc(C)ccc2o1. The minimum atomic E-state index is 0.537. The Bertz CT molecular complexity index is 473. The van der Waals surface area contributed by atoms with Crippen LogP contribution in [-0.4, -0.2) is 6.04 Å². The van der Waals surface area contributed by atoms with Crippen LogP contribution < -0.4 is 5.32 Å². The largest absolute Gasteiger partial charge is 0.460 e. The van der Waals surface area contributed by atoms with Gasteiger partial charge in [0, 0.05) is 11.4 Å². The van der Waals surface area contributed by atoms with Crippen LogP contribution in [0.4, 0.5) is 0 Å². The third-order valence-electron chi connectivity index (χ3n) is 2.96. The standard InChI is InChI=1S/C14H19NO/c1-4-11(3)15-9-13-8-12-7-10(2)5-6-14(12)16-13/h5-8,11,15H,4,9H2,1-3H3. The van der Waals surface area contributed by atoms with Crippen molar-refractivity contribution in [3.05, 3.63) is 35.6 Å². The summed E-state index contributed by atoms with van der Waals surface area (Å²) in [6, 6.07) is 8.94. The van der Waals surface area contributed by atoms with Crippen molar-refractivity contribution in [1.29, 1.82) is 0 Å². The van der Waals surface area contributed by atoms with Crippen molar-refractivity contribution in [3.63, 3.8) is 0 Å². The van der Waals surface area contributed by atoms with Crippen LogP contribution in [0.5, 0.6) is 0 Å². The van der Waals surface area contributed by atoms with E-state index in [4.69, 9.17) is 4.42 Å². The van der Waals surface area contributed by atoms with Gasteiger partial charge in [0.15, 0.2) is 0 Å². The van der Waals surface area contributed by atoms with Gasteiger partial charge in [0.25, 0.3) is 0 Å². The van der Waals surface area contributed by atoms with Crippen molar-refractivity contribution in [2.75, 3.05) is 0 Å². The van der Waals surface area contributed by atoms with Crippen LogP contribution in [0.15, 0.2) is 28.7 Å². The van der Waals surface area contributed by atoms with Crippen LogP contribution in [0.3, 0.4) is 0 Å². The van der Waals surface area contributed by atoms with Gasteiger partial charge in [-0.3, -0.25) is 0 Å². The molecule has 0 spiro atoms. The van der Waals surface area contributed by atoms with Gasteiger partial charge in [-0.1, -0.05) is 18.6 Å². The molecule has 16 heavy (non-hydrogen) atoms. The Hall–Kier alpha value is -1.28. The van der Waals surface area contributed by atoms with Crippen LogP contribution in [0.1, 0.15) is 31.6 Å². The molecule has 86 valence electrons. The Morgan fingerprint density at radius 1 is 1.31 bits per heavy atom. The molecule has 0 aliphatic carbocycles. The molecular formula is C14H19NO. The third-order valence-corrected chi connectivity index (χ3v) is 2.96. The van der Waals surface area contributed by atoms with Crippen LogP contribution in [-0.2, 0) is 6.54 Å². The van der Waals surface area contributed by atoms with E-state index < -0.39 is 0 Å². The van der Waals surface area contributed by atoms with E-state index in [9.17, 15) is 0 Å². The topological polar surface area (TPSA) is 25.2 Å². The van der Waals surface area contributed by atoms with Gasteiger partial charge in [0.1, 0.15) is 11.3 Å². The molecular weight excluding hydrogens is 198 g/mol. The Labute approximate surface area is 96.6 Å². The number of hydrogen-bond acceptors (Lipinski definition) is 2. The first-order valence-electron chi connectivity index (χ1n) is 5.91. The van der Waals surface area contributed by atoms with E-state index in [2.05, 4.69) is 44.3 Å². The molecule has 1 aromatic heterocycles. The number of benzene rings is 1. The van der Waals surface area contributed by atoms with Crippen LogP contribution in [0, 0.1) is 6.92 Å². The summed E-state index contributed by atoms with van der Waals surface area (Å²) in [7, 11) is 0. The first-order valence-corrected chi connectivity index (χ1v) is 5.91. The highest BCUT2D eigenvalue weighted by atomic mass is 16.3. The average Bonchev–Trinajstić information content (AvgIpc) is 2.67. The second-order valence-electron chi connectivity index (χ2n) is 4.44. The molecule has 1 heterocycles.